The minimum absolute atomic E-state index is 0.253. The third-order valence-electron chi connectivity index (χ3n) is 2.64. The molecular weight excluding hydrogens is 292 g/mol. The van der Waals surface area contributed by atoms with E-state index in [0.29, 0.717) is 29.2 Å². The first kappa shape index (κ1) is 15.6. The van der Waals surface area contributed by atoms with Crippen molar-refractivity contribution in [3.8, 4) is 11.6 Å². The lowest BCUT2D eigenvalue weighted by atomic mass is 10.2. The summed E-state index contributed by atoms with van der Waals surface area (Å²) in [4.78, 5) is 11.0. The highest BCUT2D eigenvalue weighted by atomic mass is 32.2. The van der Waals surface area contributed by atoms with Crippen molar-refractivity contribution >= 4 is 17.7 Å². The van der Waals surface area contributed by atoms with Crippen LogP contribution in [0, 0.1) is 5.92 Å². The Morgan fingerprint density at radius 1 is 1.48 bits per heavy atom. The van der Waals surface area contributed by atoms with Crippen LogP contribution in [0.1, 0.15) is 20.3 Å². The van der Waals surface area contributed by atoms with Crippen molar-refractivity contribution in [1.29, 1.82) is 0 Å². The average Bonchev–Trinajstić information content (AvgIpc) is 3.06. The smallest absolute Gasteiger partial charge is 0.306 e. The van der Waals surface area contributed by atoms with E-state index >= 15 is 0 Å². The van der Waals surface area contributed by atoms with E-state index in [2.05, 4.69) is 33.9 Å². The highest BCUT2D eigenvalue weighted by molar-refractivity contribution is 7.99. The maximum atomic E-state index is 11.0. The molecule has 0 atom stereocenters. The summed E-state index contributed by atoms with van der Waals surface area (Å²) in [6.07, 6.45) is 2.02. The average molecular weight is 310 g/mol. The molecule has 0 bridgehead atoms. The number of carbonyl (C=O) groups excluding carboxylic acids is 1. The van der Waals surface area contributed by atoms with E-state index in [1.54, 1.807) is 6.20 Å². The van der Waals surface area contributed by atoms with Crippen LogP contribution in [0.25, 0.3) is 11.6 Å². The van der Waals surface area contributed by atoms with Crippen LogP contribution >= 0.6 is 11.8 Å². The van der Waals surface area contributed by atoms with Crippen molar-refractivity contribution in [3.05, 3.63) is 12.3 Å². The maximum absolute atomic E-state index is 11.0. The quantitative estimate of drug-likeness (QED) is 0.573. The van der Waals surface area contributed by atoms with Crippen molar-refractivity contribution in [1.82, 2.24) is 20.0 Å². The normalized spacial score (nSPS) is 11.0. The van der Waals surface area contributed by atoms with Gasteiger partial charge in [-0.1, -0.05) is 25.6 Å². The van der Waals surface area contributed by atoms with Gasteiger partial charge in [-0.05, 0) is 12.0 Å². The first-order valence-electron chi connectivity index (χ1n) is 6.65. The number of rotatable bonds is 7. The molecule has 0 amide bonds. The monoisotopic (exact) mass is 310 g/mol. The Morgan fingerprint density at radius 2 is 2.29 bits per heavy atom. The van der Waals surface area contributed by atoms with Crippen LogP contribution in [0.5, 0.6) is 0 Å². The number of ether oxygens (including phenoxy) is 1. The van der Waals surface area contributed by atoms with Crippen LogP contribution in [0.3, 0.4) is 0 Å². The molecule has 0 fully saturated rings. The Bertz CT molecular complexity index is 594. The molecule has 0 N–H and O–H groups in total. The first-order valence-corrected chi connectivity index (χ1v) is 7.64. The van der Waals surface area contributed by atoms with Crippen molar-refractivity contribution in [2.45, 2.75) is 32.0 Å². The Kier molecular flexibility index (Phi) is 5.38. The summed E-state index contributed by atoms with van der Waals surface area (Å²) >= 11 is 1.33. The van der Waals surface area contributed by atoms with E-state index in [-0.39, 0.29) is 5.97 Å². The number of nitrogens with zero attached hydrogens (tertiary/aromatic N) is 4. The van der Waals surface area contributed by atoms with Gasteiger partial charge in [0.25, 0.3) is 11.1 Å². The molecule has 0 saturated carbocycles. The Morgan fingerprint density at radius 3 is 3.00 bits per heavy atom. The summed E-state index contributed by atoms with van der Waals surface area (Å²) in [6.45, 7) is 5.02. The van der Waals surface area contributed by atoms with Gasteiger partial charge in [-0.3, -0.25) is 9.48 Å². The van der Waals surface area contributed by atoms with Crippen LogP contribution in [0.15, 0.2) is 21.9 Å². The molecule has 0 saturated heterocycles. The molecule has 2 rings (SSSR count). The second-order valence-electron chi connectivity index (χ2n) is 4.84. The summed E-state index contributed by atoms with van der Waals surface area (Å²) in [6, 6.07) is 1.85. The standard InChI is InChI=1S/C13H18N4O3S/c1-9(2)8-17-10(4-6-14-17)12-15-16-13(20-12)21-7-5-11(18)19-3/h4,6,9H,5,7-8H2,1-3H3. The van der Waals surface area contributed by atoms with Gasteiger partial charge in [0.15, 0.2) is 0 Å². The number of esters is 1. The maximum Gasteiger partial charge on any atom is 0.306 e. The van der Waals surface area contributed by atoms with E-state index in [9.17, 15) is 4.79 Å². The van der Waals surface area contributed by atoms with Gasteiger partial charge in [-0.25, -0.2) is 0 Å². The van der Waals surface area contributed by atoms with Crippen LogP contribution in [0.2, 0.25) is 0 Å². The molecule has 2 heterocycles. The van der Waals surface area contributed by atoms with Crippen molar-refractivity contribution in [2.75, 3.05) is 12.9 Å². The fraction of sp³-hybridized carbons (Fsp3) is 0.538. The van der Waals surface area contributed by atoms with Gasteiger partial charge in [-0.2, -0.15) is 5.10 Å². The van der Waals surface area contributed by atoms with Gasteiger partial charge in [0.2, 0.25) is 0 Å². The second-order valence-corrected chi connectivity index (χ2v) is 5.89. The number of thioether (sulfide) groups is 1. The van der Waals surface area contributed by atoms with E-state index in [1.807, 2.05) is 10.7 Å². The lowest BCUT2D eigenvalue weighted by Gasteiger charge is -2.06. The van der Waals surface area contributed by atoms with Gasteiger partial charge in [0, 0.05) is 18.5 Å². The Balaban J connectivity index is 1.99. The summed E-state index contributed by atoms with van der Waals surface area (Å²) in [5.41, 5.74) is 0.802. The molecule has 2 aromatic heterocycles. The molecule has 114 valence electrons. The van der Waals surface area contributed by atoms with Gasteiger partial charge in [-0.15, -0.1) is 10.2 Å². The summed E-state index contributed by atoms with van der Waals surface area (Å²) in [5.74, 6) is 1.20. The van der Waals surface area contributed by atoms with Gasteiger partial charge in [0.05, 0.1) is 13.5 Å². The van der Waals surface area contributed by atoms with Crippen LogP contribution < -0.4 is 0 Å². The van der Waals surface area contributed by atoms with Gasteiger partial charge < -0.3 is 9.15 Å². The molecule has 7 nitrogen and oxygen atoms in total. The Labute approximate surface area is 127 Å². The summed E-state index contributed by atoms with van der Waals surface area (Å²) < 4.78 is 12.0. The fourth-order valence-electron chi connectivity index (χ4n) is 1.70. The Hall–Kier alpha value is -1.83. The predicted molar refractivity (Wildman–Crippen MR) is 77.7 cm³/mol. The first-order chi connectivity index (χ1) is 10.1. The van der Waals surface area contributed by atoms with Gasteiger partial charge >= 0.3 is 5.97 Å². The lowest BCUT2D eigenvalue weighted by Crippen LogP contribution is -2.07. The van der Waals surface area contributed by atoms with E-state index < -0.39 is 0 Å². The van der Waals surface area contributed by atoms with Crippen molar-refractivity contribution < 1.29 is 13.9 Å². The highest BCUT2D eigenvalue weighted by Gasteiger charge is 2.14. The molecule has 0 radical (unpaired) electrons. The van der Waals surface area contributed by atoms with E-state index in [1.165, 1.54) is 18.9 Å². The largest absolute Gasteiger partial charge is 0.469 e. The van der Waals surface area contributed by atoms with Crippen LogP contribution in [-0.2, 0) is 16.1 Å². The predicted octanol–water partition coefficient (Wildman–Crippen LogP) is 2.24. The van der Waals surface area contributed by atoms with Crippen molar-refractivity contribution in [2.24, 2.45) is 5.92 Å². The zero-order valence-electron chi connectivity index (χ0n) is 12.3. The number of methoxy groups -OCH3 is 1. The number of hydrogen-bond acceptors (Lipinski definition) is 7. The zero-order chi connectivity index (χ0) is 15.2. The third-order valence-corrected chi connectivity index (χ3v) is 3.46. The zero-order valence-corrected chi connectivity index (χ0v) is 13.1. The number of hydrogen-bond donors (Lipinski definition) is 0. The molecule has 8 heteroatoms. The molecule has 2 aromatic rings. The molecule has 21 heavy (non-hydrogen) atoms. The van der Waals surface area contributed by atoms with Gasteiger partial charge in [0.1, 0.15) is 5.69 Å². The minimum Gasteiger partial charge on any atom is -0.469 e. The number of aromatic nitrogens is 4. The van der Waals surface area contributed by atoms with Crippen LogP contribution in [0.4, 0.5) is 0 Å². The molecule has 0 aromatic carbocycles. The van der Waals surface area contributed by atoms with Crippen molar-refractivity contribution in [3.63, 3.8) is 0 Å². The molecule has 0 unspecified atom stereocenters. The molecule has 0 aliphatic carbocycles. The third kappa shape index (κ3) is 4.32. The summed E-state index contributed by atoms with van der Waals surface area (Å²) in [5, 5.41) is 12.7. The molecule has 0 aliphatic rings. The topological polar surface area (TPSA) is 83.0 Å². The summed E-state index contributed by atoms with van der Waals surface area (Å²) in [7, 11) is 1.37. The van der Waals surface area contributed by atoms with E-state index in [4.69, 9.17) is 4.42 Å². The second kappa shape index (κ2) is 7.26. The lowest BCUT2D eigenvalue weighted by molar-refractivity contribution is -0.140. The van der Waals surface area contributed by atoms with Crippen LogP contribution in [-0.4, -0.2) is 38.8 Å². The fourth-order valence-corrected chi connectivity index (χ4v) is 2.38. The molecule has 0 aliphatic heterocycles. The number of carbonyl (C=O) groups is 1. The van der Waals surface area contributed by atoms with E-state index in [0.717, 1.165) is 12.2 Å². The molecular formula is C13H18N4O3S. The highest BCUT2D eigenvalue weighted by Crippen LogP contribution is 2.23. The minimum atomic E-state index is -0.253. The molecule has 0 spiro atoms. The SMILES string of the molecule is COC(=O)CCSc1nnc(-c2ccnn2CC(C)C)o1.